The number of carbonyl (C=O) groups is 2. The van der Waals surface area contributed by atoms with Gasteiger partial charge < -0.3 is 10.1 Å². The topological polar surface area (TPSA) is 72.5 Å². The van der Waals surface area contributed by atoms with Gasteiger partial charge in [0.2, 0.25) is 0 Å². The predicted octanol–water partition coefficient (Wildman–Crippen LogP) is 3.73. The summed E-state index contributed by atoms with van der Waals surface area (Å²) in [6.45, 7) is 5.45. The van der Waals surface area contributed by atoms with Crippen LogP contribution in [0.3, 0.4) is 0 Å². The number of benzene rings is 2. The van der Waals surface area contributed by atoms with Crippen molar-refractivity contribution in [2.24, 2.45) is 0 Å². The summed E-state index contributed by atoms with van der Waals surface area (Å²) in [5, 5.41) is 2.77. The Bertz CT molecular complexity index is 817. The molecule has 138 valence electrons. The summed E-state index contributed by atoms with van der Waals surface area (Å²) in [6, 6.07) is 14.1. The third-order valence-corrected chi connectivity index (χ3v) is 5.18. The summed E-state index contributed by atoms with van der Waals surface area (Å²) in [7, 11) is -1.28. The fourth-order valence-corrected chi connectivity index (χ4v) is 3.44. The Morgan fingerprint density at radius 1 is 1.08 bits per heavy atom. The van der Waals surface area contributed by atoms with E-state index in [-0.39, 0.29) is 11.5 Å². The number of nitrogens with one attached hydrogen (secondary N) is 1. The van der Waals surface area contributed by atoms with Crippen molar-refractivity contribution in [1.82, 2.24) is 0 Å². The van der Waals surface area contributed by atoms with Gasteiger partial charge in [0, 0.05) is 11.4 Å². The number of ether oxygens (including phenoxy) is 1. The van der Waals surface area contributed by atoms with E-state index in [0.29, 0.717) is 16.3 Å². The van der Waals surface area contributed by atoms with Crippen molar-refractivity contribution in [1.29, 1.82) is 0 Å². The van der Waals surface area contributed by atoms with Crippen LogP contribution in [0.25, 0.3) is 0 Å². The Kier molecular flexibility index (Phi) is 7.09. The monoisotopic (exact) mass is 373 g/mol. The van der Waals surface area contributed by atoms with Gasteiger partial charge in [-0.1, -0.05) is 51.1 Å². The van der Waals surface area contributed by atoms with Gasteiger partial charge in [-0.2, -0.15) is 0 Å². The van der Waals surface area contributed by atoms with Gasteiger partial charge in [-0.3, -0.25) is 9.00 Å². The van der Waals surface area contributed by atoms with Gasteiger partial charge in [-0.25, -0.2) is 4.79 Å². The molecule has 0 heterocycles. The third kappa shape index (κ3) is 5.02. The molecule has 0 bridgehead atoms. The summed E-state index contributed by atoms with van der Waals surface area (Å²) in [4.78, 5) is 24.9. The zero-order chi connectivity index (χ0) is 19.1. The fraction of sp³-hybridized carbons (Fsp3) is 0.300. The zero-order valence-corrected chi connectivity index (χ0v) is 16.0. The first-order valence-electron chi connectivity index (χ1n) is 8.47. The van der Waals surface area contributed by atoms with Crippen molar-refractivity contribution < 1.29 is 18.5 Å². The predicted molar refractivity (Wildman–Crippen MR) is 103 cm³/mol. The molecule has 6 heteroatoms. The average molecular weight is 373 g/mol. The van der Waals surface area contributed by atoms with E-state index in [1.807, 2.05) is 38.1 Å². The zero-order valence-electron chi connectivity index (χ0n) is 15.2. The van der Waals surface area contributed by atoms with Crippen molar-refractivity contribution in [2.75, 3.05) is 17.7 Å². The molecule has 0 aromatic heterocycles. The van der Waals surface area contributed by atoms with Crippen LogP contribution in [-0.2, 0) is 20.3 Å². The van der Waals surface area contributed by atoms with Crippen LogP contribution >= 0.6 is 0 Å². The highest BCUT2D eigenvalue weighted by atomic mass is 32.2. The number of rotatable bonds is 7. The Balaban J connectivity index is 2.02. The number of hydrogen-bond acceptors (Lipinski definition) is 4. The van der Waals surface area contributed by atoms with E-state index in [1.54, 1.807) is 31.2 Å². The Morgan fingerprint density at radius 3 is 2.42 bits per heavy atom. The molecule has 1 amide bonds. The minimum absolute atomic E-state index is 0.225. The molecular formula is C20H23NO4S. The second-order valence-electron chi connectivity index (χ2n) is 6.00. The highest BCUT2D eigenvalue weighted by Gasteiger charge is 2.17. The van der Waals surface area contributed by atoms with Crippen LogP contribution in [-0.4, -0.2) is 28.4 Å². The van der Waals surface area contributed by atoms with Crippen LogP contribution < -0.4 is 5.32 Å². The van der Waals surface area contributed by atoms with Crippen molar-refractivity contribution in [2.45, 2.75) is 31.6 Å². The summed E-state index contributed by atoms with van der Waals surface area (Å²) < 4.78 is 17.2. The summed E-state index contributed by atoms with van der Waals surface area (Å²) in [5.74, 6) is -0.420. The minimum Gasteiger partial charge on any atom is -0.452 e. The van der Waals surface area contributed by atoms with E-state index in [1.165, 1.54) is 0 Å². The van der Waals surface area contributed by atoms with Crippen molar-refractivity contribution >= 4 is 28.4 Å². The molecule has 1 N–H and O–H groups in total. The van der Waals surface area contributed by atoms with Crippen molar-refractivity contribution in [3.63, 3.8) is 0 Å². The molecule has 5 nitrogen and oxygen atoms in total. The lowest BCUT2D eigenvalue weighted by atomic mass is 10.0. The van der Waals surface area contributed by atoms with E-state index in [2.05, 4.69) is 5.32 Å². The largest absolute Gasteiger partial charge is 0.452 e. The molecule has 0 fully saturated rings. The third-order valence-electron chi connectivity index (χ3n) is 3.81. The molecule has 0 saturated carbocycles. The minimum atomic E-state index is -1.28. The summed E-state index contributed by atoms with van der Waals surface area (Å²) >= 11 is 0. The molecule has 0 unspecified atom stereocenters. The molecular weight excluding hydrogens is 350 g/mol. The van der Waals surface area contributed by atoms with Gasteiger partial charge in [-0.15, -0.1) is 0 Å². The molecule has 0 saturated heterocycles. The number of esters is 1. The maximum Gasteiger partial charge on any atom is 0.339 e. The van der Waals surface area contributed by atoms with Gasteiger partial charge in [0.05, 0.1) is 21.3 Å². The van der Waals surface area contributed by atoms with Gasteiger partial charge >= 0.3 is 5.97 Å². The first-order chi connectivity index (χ1) is 12.4. The smallest absolute Gasteiger partial charge is 0.339 e. The highest BCUT2D eigenvalue weighted by molar-refractivity contribution is 7.85. The van der Waals surface area contributed by atoms with E-state index in [9.17, 15) is 13.8 Å². The number of carbonyl (C=O) groups excluding carboxylic acids is 2. The first kappa shape index (κ1) is 19.8. The molecule has 2 aromatic rings. The molecule has 0 aliphatic rings. The van der Waals surface area contributed by atoms with Crippen molar-refractivity contribution in [3.8, 4) is 0 Å². The quantitative estimate of drug-likeness (QED) is 0.751. The van der Waals surface area contributed by atoms with Crippen molar-refractivity contribution in [3.05, 3.63) is 59.7 Å². The van der Waals surface area contributed by atoms with E-state index in [4.69, 9.17) is 4.74 Å². The normalized spacial score (nSPS) is 11.8. The Hall–Kier alpha value is -2.47. The van der Waals surface area contributed by atoms with Crippen LogP contribution in [0.2, 0.25) is 0 Å². The standard InChI is InChI=1S/C20H23NO4S/c1-4-26(24)18-12-8-6-10-16(18)20(23)25-13-19(22)21-17-11-7-5-9-15(17)14(2)3/h5-12,14H,4,13H2,1-3H3,(H,21,22)/t26-/m1/s1. The molecule has 1 atom stereocenters. The molecule has 0 aliphatic carbocycles. The van der Waals surface area contributed by atoms with E-state index in [0.717, 1.165) is 5.56 Å². The van der Waals surface area contributed by atoms with Crippen LogP contribution in [0.1, 0.15) is 42.6 Å². The van der Waals surface area contributed by atoms with E-state index < -0.39 is 29.3 Å². The summed E-state index contributed by atoms with van der Waals surface area (Å²) in [5.41, 5.74) is 1.94. The average Bonchev–Trinajstić information content (AvgIpc) is 2.65. The first-order valence-corrected chi connectivity index (χ1v) is 9.79. The molecule has 26 heavy (non-hydrogen) atoms. The second-order valence-corrected chi connectivity index (χ2v) is 7.70. The Labute approximate surface area is 156 Å². The van der Waals surface area contributed by atoms with Gasteiger partial charge in [-0.05, 0) is 29.7 Å². The lowest BCUT2D eigenvalue weighted by molar-refractivity contribution is -0.119. The molecule has 2 rings (SSSR count). The SMILES string of the molecule is CC[S@@](=O)c1ccccc1C(=O)OCC(=O)Nc1ccccc1C(C)C. The van der Waals surface area contributed by atoms with Crippen LogP contribution in [0, 0.1) is 0 Å². The maximum atomic E-state index is 12.3. The number of hydrogen-bond donors (Lipinski definition) is 1. The fourth-order valence-electron chi connectivity index (χ4n) is 2.50. The highest BCUT2D eigenvalue weighted by Crippen LogP contribution is 2.23. The molecule has 0 aliphatic heterocycles. The molecule has 0 spiro atoms. The lowest BCUT2D eigenvalue weighted by Crippen LogP contribution is -2.22. The van der Waals surface area contributed by atoms with Gasteiger partial charge in [0.15, 0.2) is 6.61 Å². The number of amides is 1. The second kappa shape index (κ2) is 9.29. The summed E-state index contributed by atoms with van der Waals surface area (Å²) in [6.07, 6.45) is 0. The Morgan fingerprint density at radius 2 is 1.73 bits per heavy atom. The van der Waals surface area contributed by atoms with Gasteiger partial charge in [0.1, 0.15) is 0 Å². The lowest BCUT2D eigenvalue weighted by Gasteiger charge is -2.14. The maximum absolute atomic E-state index is 12.3. The van der Waals surface area contributed by atoms with Crippen LogP contribution in [0.4, 0.5) is 5.69 Å². The van der Waals surface area contributed by atoms with Gasteiger partial charge in [0.25, 0.3) is 5.91 Å². The molecule has 0 radical (unpaired) electrons. The van der Waals surface area contributed by atoms with E-state index >= 15 is 0 Å². The number of anilines is 1. The number of para-hydroxylation sites is 1. The molecule has 2 aromatic carbocycles. The van der Waals surface area contributed by atoms with Crippen LogP contribution in [0.15, 0.2) is 53.4 Å². The van der Waals surface area contributed by atoms with Crippen LogP contribution in [0.5, 0.6) is 0 Å².